The topological polar surface area (TPSA) is 36.1 Å². The molecule has 0 fully saturated rings. The lowest BCUT2D eigenvalue weighted by atomic mass is 10.1. The van der Waals surface area contributed by atoms with E-state index in [1.54, 1.807) is 0 Å². The van der Waals surface area contributed by atoms with Gasteiger partial charge in [0.2, 0.25) is 0 Å². The average molecular weight is 355 g/mol. The molecule has 0 aliphatic carbocycles. The summed E-state index contributed by atoms with van der Waals surface area (Å²) in [5, 5.41) is 1.08. The number of amides is 1. The van der Waals surface area contributed by atoms with E-state index in [-0.39, 0.29) is 5.91 Å². The van der Waals surface area contributed by atoms with Crippen LogP contribution in [0.15, 0.2) is 46.9 Å². The largest absolute Gasteiger partial charge is 0.351 e. The van der Waals surface area contributed by atoms with Crippen LogP contribution in [0.3, 0.4) is 0 Å². The van der Waals surface area contributed by atoms with Gasteiger partial charge in [-0.05, 0) is 41.8 Å². The highest BCUT2D eigenvalue weighted by Gasteiger charge is 2.26. The zero-order valence-electron chi connectivity index (χ0n) is 12.2. The minimum absolute atomic E-state index is 0.0527. The second-order valence-electron chi connectivity index (χ2n) is 5.81. The molecule has 2 aromatic carbocycles. The monoisotopic (exact) mass is 354 g/mol. The molecule has 0 radical (unpaired) electrons. The molecular formula is C18H15BrN2O. The molecule has 110 valence electrons. The Kier molecular flexibility index (Phi) is 3.08. The Balaban J connectivity index is 1.66. The van der Waals surface area contributed by atoms with Gasteiger partial charge in [-0.1, -0.05) is 40.2 Å². The standard InChI is InChI=1S/C18H15BrN2O/c1-11-5-6-12-8-17(20-16(12)7-11)18(22)21-9-13-3-2-4-15(19)14(13)10-21/h2-8,20H,9-10H2,1H3. The lowest BCUT2D eigenvalue weighted by Crippen LogP contribution is -2.25. The molecular weight excluding hydrogens is 340 g/mol. The van der Waals surface area contributed by atoms with Crippen LogP contribution in [0.4, 0.5) is 0 Å². The minimum atomic E-state index is 0.0527. The number of aromatic nitrogens is 1. The Morgan fingerprint density at radius 2 is 2.05 bits per heavy atom. The summed E-state index contributed by atoms with van der Waals surface area (Å²) >= 11 is 3.57. The number of aryl methyl sites for hydroxylation is 1. The van der Waals surface area contributed by atoms with Crippen molar-refractivity contribution in [1.29, 1.82) is 0 Å². The molecule has 0 atom stereocenters. The molecule has 1 amide bonds. The maximum Gasteiger partial charge on any atom is 0.270 e. The first kappa shape index (κ1) is 13.6. The Morgan fingerprint density at radius 3 is 2.86 bits per heavy atom. The minimum Gasteiger partial charge on any atom is -0.351 e. The Bertz CT molecular complexity index is 897. The number of rotatable bonds is 1. The number of carbonyl (C=O) groups excluding carboxylic acids is 1. The molecule has 3 aromatic rings. The number of halogens is 1. The molecule has 22 heavy (non-hydrogen) atoms. The van der Waals surface area contributed by atoms with Gasteiger partial charge in [0, 0.05) is 28.5 Å². The highest BCUT2D eigenvalue weighted by atomic mass is 79.9. The SMILES string of the molecule is Cc1ccc2cc(C(=O)N3Cc4cccc(Br)c4C3)[nH]c2c1. The first-order valence-corrected chi connectivity index (χ1v) is 8.06. The van der Waals surface area contributed by atoms with Crippen molar-refractivity contribution in [1.82, 2.24) is 9.88 Å². The van der Waals surface area contributed by atoms with Gasteiger partial charge in [0.25, 0.3) is 5.91 Å². The molecule has 0 spiro atoms. The molecule has 0 saturated heterocycles. The first-order valence-electron chi connectivity index (χ1n) is 7.27. The van der Waals surface area contributed by atoms with Crippen molar-refractivity contribution in [2.24, 2.45) is 0 Å². The second kappa shape index (κ2) is 4.99. The molecule has 4 heteroatoms. The average Bonchev–Trinajstić information content (AvgIpc) is 3.10. The Morgan fingerprint density at radius 1 is 1.18 bits per heavy atom. The number of H-pyrrole nitrogens is 1. The summed E-state index contributed by atoms with van der Waals surface area (Å²) < 4.78 is 1.08. The zero-order chi connectivity index (χ0) is 15.3. The molecule has 1 aromatic heterocycles. The van der Waals surface area contributed by atoms with E-state index < -0.39 is 0 Å². The summed E-state index contributed by atoms with van der Waals surface area (Å²) in [5.74, 6) is 0.0527. The lowest BCUT2D eigenvalue weighted by molar-refractivity contribution is 0.0746. The van der Waals surface area contributed by atoms with Crippen LogP contribution >= 0.6 is 15.9 Å². The van der Waals surface area contributed by atoms with Crippen molar-refractivity contribution in [3.63, 3.8) is 0 Å². The van der Waals surface area contributed by atoms with Crippen LogP contribution in [0.25, 0.3) is 10.9 Å². The maximum atomic E-state index is 12.8. The summed E-state index contributed by atoms with van der Waals surface area (Å²) in [4.78, 5) is 17.9. The maximum absolute atomic E-state index is 12.8. The third-order valence-corrected chi connectivity index (χ3v) is 4.96. The van der Waals surface area contributed by atoms with Gasteiger partial charge in [-0.2, -0.15) is 0 Å². The smallest absolute Gasteiger partial charge is 0.270 e. The number of hydrogen-bond acceptors (Lipinski definition) is 1. The van der Waals surface area contributed by atoms with Gasteiger partial charge in [0.1, 0.15) is 5.69 Å². The predicted octanol–water partition coefficient (Wildman–Crippen LogP) is 4.39. The molecule has 1 aliphatic heterocycles. The number of hydrogen-bond donors (Lipinski definition) is 1. The lowest BCUT2D eigenvalue weighted by Gasteiger charge is -2.14. The number of fused-ring (bicyclic) bond motifs is 2. The van der Waals surface area contributed by atoms with E-state index in [0.717, 1.165) is 15.4 Å². The van der Waals surface area contributed by atoms with Gasteiger partial charge < -0.3 is 9.88 Å². The molecule has 4 rings (SSSR count). The predicted molar refractivity (Wildman–Crippen MR) is 90.8 cm³/mol. The summed E-state index contributed by atoms with van der Waals surface area (Å²) in [7, 11) is 0. The molecule has 3 nitrogen and oxygen atoms in total. The normalized spacial score (nSPS) is 13.6. The van der Waals surface area contributed by atoms with E-state index in [2.05, 4.69) is 46.0 Å². The summed E-state index contributed by atoms with van der Waals surface area (Å²) in [6, 6.07) is 14.3. The third-order valence-electron chi connectivity index (χ3n) is 4.22. The van der Waals surface area contributed by atoms with Gasteiger partial charge >= 0.3 is 0 Å². The van der Waals surface area contributed by atoms with E-state index in [1.807, 2.05) is 29.2 Å². The van der Waals surface area contributed by atoms with E-state index in [0.29, 0.717) is 18.8 Å². The van der Waals surface area contributed by atoms with Crippen molar-refractivity contribution in [3.05, 3.63) is 69.3 Å². The van der Waals surface area contributed by atoms with Crippen LogP contribution in [0, 0.1) is 6.92 Å². The van der Waals surface area contributed by atoms with Gasteiger partial charge in [0.05, 0.1) is 0 Å². The number of nitrogens with zero attached hydrogens (tertiary/aromatic N) is 1. The van der Waals surface area contributed by atoms with E-state index in [9.17, 15) is 4.79 Å². The molecule has 1 aliphatic rings. The highest BCUT2D eigenvalue weighted by Crippen LogP contribution is 2.30. The van der Waals surface area contributed by atoms with E-state index in [1.165, 1.54) is 16.7 Å². The molecule has 1 N–H and O–H groups in total. The zero-order valence-corrected chi connectivity index (χ0v) is 13.8. The number of aromatic amines is 1. The van der Waals surface area contributed by atoms with Crippen molar-refractivity contribution in [2.45, 2.75) is 20.0 Å². The van der Waals surface area contributed by atoms with Gasteiger partial charge in [0.15, 0.2) is 0 Å². The van der Waals surface area contributed by atoms with Gasteiger partial charge in [-0.3, -0.25) is 4.79 Å². The molecule has 0 saturated carbocycles. The molecule has 0 bridgehead atoms. The van der Waals surface area contributed by atoms with Gasteiger partial charge in [-0.15, -0.1) is 0 Å². The first-order chi connectivity index (χ1) is 10.6. The van der Waals surface area contributed by atoms with Gasteiger partial charge in [-0.25, -0.2) is 0 Å². The summed E-state index contributed by atoms with van der Waals surface area (Å²) in [6.07, 6.45) is 0. The summed E-state index contributed by atoms with van der Waals surface area (Å²) in [6.45, 7) is 3.38. The Hall–Kier alpha value is -2.07. The van der Waals surface area contributed by atoms with Crippen LogP contribution in [0.5, 0.6) is 0 Å². The third kappa shape index (κ3) is 2.15. The van der Waals surface area contributed by atoms with Crippen LogP contribution in [0.2, 0.25) is 0 Å². The molecule has 0 unspecified atom stereocenters. The van der Waals surface area contributed by atoms with E-state index >= 15 is 0 Å². The fourth-order valence-electron chi connectivity index (χ4n) is 3.05. The van der Waals surface area contributed by atoms with Crippen LogP contribution < -0.4 is 0 Å². The van der Waals surface area contributed by atoms with E-state index in [4.69, 9.17) is 0 Å². The van der Waals surface area contributed by atoms with Crippen LogP contribution in [-0.2, 0) is 13.1 Å². The van der Waals surface area contributed by atoms with Crippen molar-refractivity contribution in [3.8, 4) is 0 Å². The van der Waals surface area contributed by atoms with Crippen molar-refractivity contribution < 1.29 is 4.79 Å². The summed E-state index contributed by atoms with van der Waals surface area (Å²) in [5.41, 5.74) is 5.29. The fourth-order valence-corrected chi connectivity index (χ4v) is 3.58. The quantitative estimate of drug-likeness (QED) is 0.690. The van der Waals surface area contributed by atoms with Crippen molar-refractivity contribution >= 4 is 32.7 Å². The number of nitrogens with one attached hydrogen (secondary N) is 1. The Labute approximate surface area is 137 Å². The van der Waals surface area contributed by atoms with Crippen molar-refractivity contribution in [2.75, 3.05) is 0 Å². The highest BCUT2D eigenvalue weighted by molar-refractivity contribution is 9.10. The number of carbonyl (C=O) groups is 1. The molecule has 2 heterocycles. The van der Waals surface area contributed by atoms with Crippen LogP contribution in [-0.4, -0.2) is 15.8 Å². The van der Waals surface area contributed by atoms with Crippen LogP contribution in [0.1, 0.15) is 27.2 Å². The number of benzene rings is 2. The second-order valence-corrected chi connectivity index (χ2v) is 6.67. The fraction of sp³-hybridized carbons (Fsp3) is 0.167.